The van der Waals surface area contributed by atoms with E-state index < -0.39 is 0 Å². The third-order valence-corrected chi connectivity index (χ3v) is 9.90. The first-order valence-corrected chi connectivity index (χ1v) is 16.7. The van der Waals surface area contributed by atoms with Crippen LogP contribution in [-0.2, 0) is 36.4 Å². The van der Waals surface area contributed by atoms with E-state index in [1.807, 2.05) is 71.8 Å². The van der Waals surface area contributed by atoms with E-state index >= 15 is 0 Å². The summed E-state index contributed by atoms with van der Waals surface area (Å²) in [6.07, 6.45) is 0.648. The van der Waals surface area contributed by atoms with Gasteiger partial charge in [-0.15, -0.1) is 11.8 Å². The number of nitrogens with one attached hydrogen (secondary N) is 1. The maximum absolute atomic E-state index is 13.3. The summed E-state index contributed by atoms with van der Waals surface area (Å²) in [5.41, 5.74) is 7.86. The first-order valence-electron chi connectivity index (χ1n) is 15.2. The lowest BCUT2D eigenvalue weighted by Gasteiger charge is -2.14. The first kappa shape index (κ1) is 30.3. The number of esters is 1. The lowest BCUT2D eigenvalue weighted by molar-refractivity contribution is 0.0587. The molecule has 7 rings (SSSR count). The summed E-state index contributed by atoms with van der Waals surface area (Å²) in [6.45, 7) is 5.34. The van der Waals surface area contributed by atoms with E-state index in [-0.39, 0.29) is 5.97 Å². The van der Waals surface area contributed by atoms with Crippen LogP contribution in [0, 0.1) is 13.8 Å². The van der Waals surface area contributed by atoms with Gasteiger partial charge in [0, 0.05) is 69.3 Å². The van der Waals surface area contributed by atoms with Crippen LogP contribution in [0.2, 0.25) is 5.02 Å². The van der Waals surface area contributed by atoms with Crippen molar-refractivity contribution in [3.05, 3.63) is 93.7 Å². The lowest BCUT2D eigenvalue weighted by Crippen LogP contribution is -2.13. The van der Waals surface area contributed by atoms with Gasteiger partial charge in [0.05, 0.1) is 30.8 Å². The number of rotatable bonds is 1. The molecule has 0 spiro atoms. The highest BCUT2D eigenvalue weighted by Gasteiger charge is 2.27. The van der Waals surface area contributed by atoms with Crippen molar-refractivity contribution in [2.75, 3.05) is 13.7 Å². The van der Waals surface area contributed by atoms with E-state index in [1.165, 1.54) is 7.11 Å². The highest BCUT2D eigenvalue weighted by molar-refractivity contribution is 7.97. The third-order valence-electron chi connectivity index (χ3n) is 8.61. The van der Waals surface area contributed by atoms with Crippen molar-refractivity contribution in [2.45, 2.75) is 44.9 Å². The second kappa shape index (κ2) is 12.4. The number of hydrogen-bond donors (Lipinski definition) is 1. The van der Waals surface area contributed by atoms with E-state index in [1.54, 1.807) is 11.8 Å². The smallest absolute Gasteiger partial charge is 0.354 e. The molecule has 3 aromatic carbocycles. The Morgan fingerprint density at radius 1 is 1.07 bits per heavy atom. The Hall–Kier alpha value is -4.41. The second-order valence-corrected chi connectivity index (χ2v) is 12.9. The number of hydrogen-bond acceptors (Lipinski definition) is 7. The van der Waals surface area contributed by atoms with E-state index in [0.29, 0.717) is 54.2 Å². The average molecular weight is 656 g/mol. The Morgan fingerprint density at radius 3 is 2.76 bits per heavy atom. The molecule has 0 fully saturated rings. The van der Waals surface area contributed by atoms with Gasteiger partial charge >= 0.3 is 5.97 Å². The van der Waals surface area contributed by atoms with Crippen molar-refractivity contribution in [1.29, 1.82) is 0 Å². The molecule has 236 valence electrons. The van der Waals surface area contributed by atoms with Gasteiger partial charge in [-0.3, -0.25) is 9.78 Å². The van der Waals surface area contributed by atoms with E-state index in [9.17, 15) is 4.79 Å². The van der Waals surface area contributed by atoms with Crippen molar-refractivity contribution in [1.82, 2.24) is 24.5 Å². The van der Waals surface area contributed by atoms with Gasteiger partial charge in [-0.25, -0.2) is 4.79 Å². The Bertz CT molecular complexity index is 2110. The number of fused-ring (bicyclic) bond motifs is 8. The van der Waals surface area contributed by atoms with Crippen LogP contribution in [0.4, 0.5) is 0 Å². The summed E-state index contributed by atoms with van der Waals surface area (Å²) < 4.78 is 21.8. The Labute approximate surface area is 275 Å². The SMILES string of the molecule is COC(=O)c1c(C)c2c3c(Cl)ccc2n1CCCOc1cc(cc2ccccc12)OCc1cc(n[nH]1)CSCc1nn(C)c(C)c1-3. The van der Waals surface area contributed by atoms with Crippen molar-refractivity contribution in [3.8, 4) is 22.6 Å². The molecule has 6 aromatic rings. The van der Waals surface area contributed by atoms with Crippen LogP contribution in [0.1, 0.15) is 45.2 Å². The van der Waals surface area contributed by atoms with Crippen molar-refractivity contribution >= 4 is 51.0 Å². The Kier molecular flexibility index (Phi) is 8.16. The number of benzene rings is 3. The molecular formula is C35H34ClN5O4S. The van der Waals surface area contributed by atoms with Crippen molar-refractivity contribution < 1.29 is 19.0 Å². The number of aryl methyl sites for hydroxylation is 3. The molecule has 9 nitrogen and oxygen atoms in total. The molecule has 0 amide bonds. The minimum atomic E-state index is -0.390. The molecule has 1 N–H and O–H groups in total. The van der Waals surface area contributed by atoms with Crippen LogP contribution in [0.25, 0.3) is 32.8 Å². The average Bonchev–Trinajstić information content (AvgIpc) is 3.71. The van der Waals surface area contributed by atoms with Crippen LogP contribution < -0.4 is 9.47 Å². The fourth-order valence-corrected chi connectivity index (χ4v) is 7.49. The molecule has 1 aliphatic heterocycles. The number of nitrogens with zero attached hydrogens (tertiary/aromatic N) is 4. The fraction of sp³-hybridized carbons (Fsp3) is 0.286. The number of methoxy groups -OCH3 is 1. The predicted molar refractivity (Wildman–Crippen MR) is 182 cm³/mol. The van der Waals surface area contributed by atoms with Crippen LogP contribution in [0.15, 0.2) is 54.6 Å². The number of aromatic amines is 1. The molecule has 8 bridgehead atoms. The summed E-state index contributed by atoms with van der Waals surface area (Å²) in [7, 11) is 3.36. The largest absolute Gasteiger partial charge is 0.493 e. The summed E-state index contributed by atoms with van der Waals surface area (Å²) in [5, 5.41) is 16.1. The van der Waals surface area contributed by atoms with Gasteiger partial charge in [0.15, 0.2) is 0 Å². The molecule has 1 aliphatic rings. The molecule has 0 saturated heterocycles. The predicted octanol–water partition coefficient (Wildman–Crippen LogP) is 7.77. The summed E-state index contributed by atoms with van der Waals surface area (Å²) in [4.78, 5) is 13.3. The normalized spacial score (nSPS) is 14.0. The number of ether oxygens (including phenoxy) is 3. The molecule has 11 heteroatoms. The minimum Gasteiger partial charge on any atom is -0.493 e. The highest BCUT2D eigenvalue weighted by atomic mass is 35.5. The summed E-state index contributed by atoms with van der Waals surface area (Å²) in [6, 6.07) is 18.0. The van der Waals surface area contributed by atoms with Crippen LogP contribution in [-0.4, -0.2) is 44.2 Å². The highest BCUT2D eigenvalue weighted by Crippen LogP contribution is 2.43. The topological polar surface area (TPSA) is 96.2 Å². The van der Waals surface area contributed by atoms with Gasteiger partial charge in [-0.05, 0) is 55.5 Å². The van der Waals surface area contributed by atoms with Gasteiger partial charge in [-0.2, -0.15) is 10.2 Å². The minimum absolute atomic E-state index is 0.354. The van der Waals surface area contributed by atoms with Gasteiger partial charge in [0.2, 0.25) is 0 Å². The zero-order valence-corrected chi connectivity index (χ0v) is 27.7. The summed E-state index contributed by atoms with van der Waals surface area (Å²) in [5.74, 6) is 2.42. The molecule has 4 heterocycles. The Morgan fingerprint density at radius 2 is 1.91 bits per heavy atom. The van der Waals surface area contributed by atoms with Crippen molar-refractivity contribution in [3.63, 3.8) is 0 Å². The molecule has 0 unspecified atom stereocenters. The van der Waals surface area contributed by atoms with Crippen LogP contribution >= 0.6 is 23.4 Å². The van der Waals surface area contributed by atoms with Gasteiger partial charge in [0.1, 0.15) is 23.8 Å². The zero-order valence-electron chi connectivity index (χ0n) is 26.1. The Balaban J connectivity index is 1.36. The number of halogens is 1. The molecule has 0 atom stereocenters. The monoisotopic (exact) mass is 655 g/mol. The molecule has 3 aromatic heterocycles. The fourth-order valence-electron chi connectivity index (χ4n) is 6.38. The maximum Gasteiger partial charge on any atom is 0.354 e. The van der Waals surface area contributed by atoms with E-state index in [0.717, 1.165) is 66.9 Å². The van der Waals surface area contributed by atoms with Gasteiger partial charge < -0.3 is 18.8 Å². The number of H-pyrrole nitrogens is 1. The molecular weight excluding hydrogens is 622 g/mol. The summed E-state index contributed by atoms with van der Waals surface area (Å²) >= 11 is 8.75. The second-order valence-electron chi connectivity index (χ2n) is 11.5. The standard InChI is InChI=1S/C35H34ClN5O4S/c1-20-31-29-11-10-27(36)33(31)32-21(2)40(3)39-28(32)19-46-18-24-15-23(37-38-24)17-45-25-14-22-8-5-6-9-26(22)30(16-25)44-13-7-12-41(29)34(20)35(42)43-4/h5-6,8-11,14-16H,7,12-13,17-19H2,1-4H3,(H,37,38). The number of thioether (sulfide) groups is 1. The molecule has 0 saturated carbocycles. The maximum atomic E-state index is 13.3. The van der Waals surface area contributed by atoms with Crippen molar-refractivity contribution in [2.24, 2.45) is 7.05 Å². The van der Waals surface area contributed by atoms with E-state index in [2.05, 4.69) is 23.2 Å². The van der Waals surface area contributed by atoms with Crippen LogP contribution in [0.5, 0.6) is 11.5 Å². The van der Waals surface area contributed by atoms with E-state index in [4.69, 9.17) is 30.9 Å². The van der Waals surface area contributed by atoms with Gasteiger partial charge in [0.25, 0.3) is 0 Å². The number of carbonyl (C=O) groups excluding carboxylic acids is 1. The number of carbonyl (C=O) groups is 1. The quantitative estimate of drug-likeness (QED) is 0.181. The van der Waals surface area contributed by atoms with Crippen LogP contribution in [0.3, 0.4) is 0 Å². The first-order chi connectivity index (χ1) is 22.3. The molecule has 46 heavy (non-hydrogen) atoms. The lowest BCUT2D eigenvalue weighted by atomic mass is 9.97. The zero-order chi connectivity index (χ0) is 31.9. The number of aromatic nitrogens is 5. The molecule has 0 radical (unpaired) electrons. The third kappa shape index (κ3) is 5.39. The van der Waals surface area contributed by atoms with Gasteiger partial charge in [-0.1, -0.05) is 35.9 Å². The molecule has 0 aliphatic carbocycles.